The largest absolute Gasteiger partial charge is 0.507 e. The molecular formula is C26H33NO8. The molecule has 1 aromatic heterocycles. The molecule has 0 aromatic carbocycles. The Kier molecular flexibility index (Phi) is 5.83. The maximum atomic E-state index is 13.9. The van der Waals surface area contributed by atoms with Crippen LogP contribution in [0.25, 0.3) is 0 Å². The van der Waals surface area contributed by atoms with Crippen molar-refractivity contribution in [1.29, 1.82) is 0 Å². The Bertz CT molecular complexity index is 1140. The summed E-state index contributed by atoms with van der Waals surface area (Å²) in [7, 11) is 0. The third-order valence-electron chi connectivity index (χ3n) is 8.58. The summed E-state index contributed by atoms with van der Waals surface area (Å²) in [4.78, 5) is 38.2. The lowest BCUT2D eigenvalue weighted by atomic mass is 9.61. The second kappa shape index (κ2) is 8.48. The molecule has 3 N–H and O–H groups in total. The van der Waals surface area contributed by atoms with E-state index >= 15 is 0 Å². The van der Waals surface area contributed by atoms with Crippen LogP contribution in [0.15, 0.2) is 23.1 Å². The van der Waals surface area contributed by atoms with Gasteiger partial charge in [0.05, 0.1) is 6.20 Å². The standard InChI is InChI=1S/C26H33NO8/c1-12-4-7-16-15(10-12)6-5-13(2)19(16)22(30)20-21(29)17(11-27(33)25(20)31)26(32)9-8-18(34-14(3)28)23-24(26)35-23/h5-6,11-13,15-16,18-19,23-24,29,32-33H,4,7-10H2,1-3H3/t12-,13-,15-,16-,18-,19-,23-,24-,26+/m1/s1. The maximum Gasteiger partial charge on any atom is 0.302 e. The SMILES string of the molecule is CC(=O)O[C@@H]1CC[C@](O)(c2cn(O)c(=O)c(C(=O)[C@H]3[C@@H]4CC[C@@H](C)C[C@H]4C=C[C@H]3C)c2O)[C@@H]2O[C@@H]21. The summed E-state index contributed by atoms with van der Waals surface area (Å²) < 4.78 is 11.1. The Morgan fingerprint density at radius 2 is 1.94 bits per heavy atom. The summed E-state index contributed by atoms with van der Waals surface area (Å²) in [6.07, 6.45) is 6.37. The van der Waals surface area contributed by atoms with E-state index in [4.69, 9.17) is 9.47 Å². The molecule has 5 rings (SSSR count). The molecule has 35 heavy (non-hydrogen) atoms. The normalized spacial score (nSPS) is 39.9. The summed E-state index contributed by atoms with van der Waals surface area (Å²) >= 11 is 0. The highest BCUT2D eigenvalue weighted by atomic mass is 16.6. The van der Waals surface area contributed by atoms with E-state index in [1.807, 2.05) is 13.0 Å². The van der Waals surface area contributed by atoms with Gasteiger partial charge in [0.15, 0.2) is 5.78 Å². The molecule has 3 aliphatic carbocycles. The van der Waals surface area contributed by atoms with Crippen molar-refractivity contribution in [1.82, 2.24) is 4.73 Å². The van der Waals surface area contributed by atoms with Crippen LogP contribution >= 0.6 is 0 Å². The fourth-order valence-corrected chi connectivity index (χ4v) is 6.76. The molecule has 0 radical (unpaired) electrons. The van der Waals surface area contributed by atoms with Crippen LogP contribution in [0.5, 0.6) is 5.75 Å². The number of hydrogen-bond acceptors (Lipinski definition) is 8. The van der Waals surface area contributed by atoms with E-state index in [0.717, 1.165) is 25.5 Å². The van der Waals surface area contributed by atoms with Crippen molar-refractivity contribution in [3.63, 3.8) is 0 Å². The molecule has 0 amide bonds. The van der Waals surface area contributed by atoms with Crippen LogP contribution in [0.1, 0.15) is 68.8 Å². The number of fused-ring (bicyclic) bond motifs is 2. The zero-order chi connectivity index (χ0) is 25.2. The van der Waals surface area contributed by atoms with Crippen LogP contribution in [-0.2, 0) is 19.9 Å². The molecule has 0 spiro atoms. The van der Waals surface area contributed by atoms with Crippen molar-refractivity contribution in [2.24, 2.45) is 29.6 Å². The van der Waals surface area contributed by atoms with E-state index < -0.39 is 58.5 Å². The Labute approximate surface area is 203 Å². The van der Waals surface area contributed by atoms with Gasteiger partial charge in [0.25, 0.3) is 5.56 Å². The molecule has 1 aliphatic heterocycles. The van der Waals surface area contributed by atoms with Gasteiger partial charge in [-0.05, 0) is 49.4 Å². The third kappa shape index (κ3) is 3.89. The van der Waals surface area contributed by atoms with Crippen molar-refractivity contribution < 1.29 is 34.5 Å². The fraction of sp³-hybridized carbons (Fsp3) is 0.654. The Morgan fingerprint density at radius 1 is 1.20 bits per heavy atom. The van der Waals surface area contributed by atoms with E-state index in [9.17, 15) is 29.8 Å². The molecule has 1 aromatic rings. The van der Waals surface area contributed by atoms with Crippen LogP contribution in [0.3, 0.4) is 0 Å². The number of carbonyl (C=O) groups is 2. The highest BCUT2D eigenvalue weighted by molar-refractivity contribution is 6.01. The van der Waals surface area contributed by atoms with Gasteiger partial charge in [-0.3, -0.25) is 14.4 Å². The number of ether oxygens (including phenoxy) is 2. The number of carbonyl (C=O) groups excluding carboxylic acids is 2. The third-order valence-corrected chi connectivity index (χ3v) is 8.58. The number of epoxide rings is 1. The molecule has 9 heteroatoms. The predicted molar refractivity (Wildman–Crippen MR) is 123 cm³/mol. The second-order valence-corrected chi connectivity index (χ2v) is 10.9. The van der Waals surface area contributed by atoms with Crippen LogP contribution in [0, 0.1) is 29.6 Å². The predicted octanol–water partition coefficient (Wildman–Crippen LogP) is 2.53. The van der Waals surface area contributed by atoms with Gasteiger partial charge in [0, 0.05) is 18.4 Å². The van der Waals surface area contributed by atoms with Crippen molar-refractivity contribution in [3.05, 3.63) is 39.8 Å². The summed E-state index contributed by atoms with van der Waals surface area (Å²) in [5.41, 5.74) is -3.39. The van der Waals surface area contributed by atoms with Crippen LogP contribution in [0.2, 0.25) is 0 Å². The Balaban J connectivity index is 1.51. The first-order valence-electron chi connectivity index (χ1n) is 12.5. The molecular weight excluding hydrogens is 454 g/mol. The lowest BCUT2D eigenvalue weighted by Crippen LogP contribution is -2.44. The monoisotopic (exact) mass is 487 g/mol. The molecule has 3 fully saturated rings. The number of hydrogen-bond donors (Lipinski definition) is 3. The van der Waals surface area contributed by atoms with Crippen molar-refractivity contribution in [2.45, 2.75) is 76.8 Å². The van der Waals surface area contributed by atoms with E-state index in [1.165, 1.54) is 6.92 Å². The highest BCUT2D eigenvalue weighted by Gasteiger charge is 2.63. The topological polar surface area (TPSA) is 139 Å². The maximum absolute atomic E-state index is 13.9. The van der Waals surface area contributed by atoms with Gasteiger partial charge in [0.2, 0.25) is 0 Å². The fourth-order valence-electron chi connectivity index (χ4n) is 6.76. The van der Waals surface area contributed by atoms with Gasteiger partial charge < -0.3 is 24.9 Å². The van der Waals surface area contributed by atoms with Gasteiger partial charge in [-0.2, -0.15) is 4.73 Å². The summed E-state index contributed by atoms with van der Waals surface area (Å²) in [6.45, 7) is 5.42. The average molecular weight is 488 g/mol. The van der Waals surface area contributed by atoms with Crippen LogP contribution in [-0.4, -0.2) is 50.2 Å². The molecule has 4 aliphatic rings. The van der Waals surface area contributed by atoms with Gasteiger partial charge in [-0.1, -0.05) is 32.4 Å². The van der Waals surface area contributed by atoms with Crippen LogP contribution in [0.4, 0.5) is 0 Å². The summed E-state index contributed by atoms with van der Waals surface area (Å²) in [5, 5.41) is 33.1. The first-order valence-corrected chi connectivity index (χ1v) is 12.5. The number of Topliss-reactive ketones (excluding diaryl/α,β-unsaturated/α-hetero) is 1. The van der Waals surface area contributed by atoms with E-state index in [0.29, 0.717) is 5.92 Å². The van der Waals surface area contributed by atoms with Crippen molar-refractivity contribution in [2.75, 3.05) is 0 Å². The second-order valence-electron chi connectivity index (χ2n) is 10.9. The first-order chi connectivity index (χ1) is 16.5. The van der Waals surface area contributed by atoms with Gasteiger partial charge in [-0.25, -0.2) is 0 Å². The molecule has 0 unspecified atom stereocenters. The minimum Gasteiger partial charge on any atom is -0.507 e. The zero-order valence-corrected chi connectivity index (χ0v) is 20.2. The van der Waals surface area contributed by atoms with E-state index in [2.05, 4.69) is 13.0 Å². The minimum absolute atomic E-state index is 0.0479. The Morgan fingerprint density at radius 3 is 2.66 bits per heavy atom. The molecule has 9 nitrogen and oxygen atoms in total. The molecule has 2 heterocycles. The van der Waals surface area contributed by atoms with Crippen molar-refractivity contribution in [3.8, 4) is 5.75 Å². The molecule has 9 atom stereocenters. The number of allylic oxidation sites excluding steroid dienone is 2. The lowest BCUT2D eigenvalue weighted by Gasteiger charge is -2.42. The number of aromatic nitrogens is 1. The van der Waals surface area contributed by atoms with Gasteiger partial charge in [0.1, 0.15) is 35.2 Å². The quantitative estimate of drug-likeness (QED) is 0.194. The number of ketones is 1. The Hall–Kier alpha value is -2.65. The van der Waals surface area contributed by atoms with Gasteiger partial charge in [-0.15, -0.1) is 0 Å². The number of pyridine rings is 1. The molecule has 2 saturated carbocycles. The summed E-state index contributed by atoms with van der Waals surface area (Å²) in [5.74, 6) is -1.39. The minimum atomic E-state index is -1.75. The molecule has 0 bridgehead atoms. The number of nitrogens with zero attached hydrogens (tertiary/aromatic N) is 1. The summed E-state index contributed by atoms with van der Waals surface area (Å²) in [6, 6.07) is 0. The molecule has 190 valence electrons. The van der Waals surface area contributed by atoms with Crippen LogP contribution < -0.4 is 5.56 Å². The zero-order valence-electron chi connectivity index (χ0n) is 20.2. The van der Waals surface area contributed by atoms with E-state index in [1.54, 1.807) is 0 Å². The molecule has 1 saturated heterocycles. The van der Waals surface area contributed by atoms with Crippen molar-refractivity contribution >= 4 is 11.8 Å². The smallest absolute Gasteiger partial charge is 0.302 e. The first kappa shape index (κ1) is 24.1. The lowest BCUT2D eigenvalue weighted by molar-refractivity contribution is -0.149. The number of rotatable bonds is 4. The number of esters is 1. The van der Waals surface area contributed by atoms with E-state index in [-0.39, 0.29) is 40.9 Å². The highest BCUT2D eigenvalue weighted by Crippen LogP contribution is 2.52. The average Bonchev–Trinajstić information content (AvgIpc) is 3.60. The number of aromatic hydroxyl groups is 1. The number of aliphatic hydroxyl groups is 1. The van der Waals surface area contributed by atoms with Gasteiger partial charge >= 0.3 is 5.97 Å².